The first-order chi connectivity index (χ1) is 10.5. The van der Waals surface area contributed by atoms with Gasteiger partial charge in [-0.05, 0) is 31.7 Å². The Morgan fingerprint density at radius 3 is 2.59 bits per heavy atom. The van der Waals surface area contributed by atoms with E-state index in [1.54, 1.807) is 29.2 Å². The number of carbonyl (C=O) groups excluding carboxylic acids is 2. The highest BCUT2D eigenvalue weighted by atomic mass is 16.5. The minimum Gasteiger partial charge on any atom is -0.376 e. The molecule has 0 N–H and O–H groups in total. The number of hydrogen-bond acceptors (Lipinski definition) is 3. The summed E-state index contributed by atoms with van der Waals surface area (Å²) < 4.78 is 5.85. The van der Waals surface area contributed by atoms with Crippen molar-refractivity contribution in [3.63, 3.8) is 0 Å². The third-order valence-corrected chi connectivity index (χ3v) is 4.02. The minimum atomic E-state index is -0.0760. The zero-order valence-electron chi connectivity index (χ0n) is 13.7. The maximum Gasteiger partial charge on any atom is 0.254 e. The number of amides is 1. The molecule has 0 unspecified atom stereocenters. The summed E-state index contributed by atoms with van der Waals surface area (Å²) in [6.45, 7) is 7.89. The van der Waals surface area contributed by atoms with E-state index in [0.717, 1.165) is 19.4 Å². The van der Waals surface area contributed by atoms with Crippen molar-refractivity contribution in [1.29, 1.82) is 0 Å². The van der Waals surface area contributed by atoms with Crippen LogP contribution in [0.15, 0.2) is 24.3 Å². The van der Waals surface area contributed by atoms with Gasteiger partial charge in [0, 0.05) is 25.3 Å². The van der Waals surface area contributed by atoms with Gasteiger partial charge in [0.05, 0.1) is 11.7 Å². The fraction of sp³-hybridized carbons (Fsp3) is 0.556. The van der Waals surface area contributed by atoms with Crippen LogP contribution in [0.5, 0.6) is 0 Å². The van der Waals surface area contributed by atoms with Gasteiger partial charge in [-0.3, -0.25) is 9.59 Å². The van der Waals surface area contributed by atoms with Crippen LogP contribution in [0.3, 0.4) is 0 Å². The van der Waals surface area contributed by atoms with Gasteiger partial charge in [-0.25, -0.2) is 0 Å². The molecule has 22 heavy (non-hydrogen) atoms. The average Bonchev–Trinajstić information content (AvgIpc) is 2.95. The van der Waals surface area contributed by atoms with Crippen molar-refractivity contribution in [2.45, 2.75) is 39.7 Å². The standard InChI is InChI=1S/C18H25NO3/c1-13(2)9-11-22-15-8-10-19(12-15)18(21)17-7-5-4-6-16(17)14(3)20/h4-7,13,15H,8-12H2,1-3H3/t15-/m0/s1. The van der Waals surface area contributed by atoms with Crippen molar-refractivity contribution >= 4 is 11.7 Å². The number of hydrogen-bond donors (Lipinski definition) is 0. The summed E-state index contributed by atoms with van der Waals surface area (Å²) in [5.74, 6) is 0.482. The third-order valence-electron chi connectivity index (χ3n) is 4.02. The van der Waals surface area contributed by atoms with Gasteiger partial charge in [0.2, 0.25) is 0 Å². The van der Waals surface area contributed by atoms with Crippen LogP contribution in [-0.4, -0.2) is 42.4 Å². The monoisotopic (exact) mass is 303 g/mol. The SMILES string of the molecule is CC(=O)c1ccccc1C(=O)N1CC[C@H](OCCC(C)C)C1. The Morgan fingerprint density at radius 2 is 1.95 bits per heavy atom. The molecule has 120 valence electrons. The van der Waals surface area contributed by atoms with Gasteiger partial charge in [-0.1, -0.05) is 32.0 Å². The topological polar surface area (TPSA) is 46.6 Å². The van der Waals surface area contributed by atoms with Gasteiger partial charge in [-0.15, -0.1) is 0 Å². The summed E-state index contributed by atoms with van der Waals surface area (Å²) in [5.41, 5.74) is 0.995. The molecule has 2 rings (SSSR count). The van der Waals surface area contributed by atoms with Crippen molar-refractivity contribution in [2.24, 2.45) is 5.92 Å². The molecule has 1 fully saturated rings. The highest BCUT2D eigenvalue weighted by molar-refractivity contribution is 6.07. The number of ketones is 1. The van der Waals surface area contributed by atoms with E-state index in [0.29, 0.717) is 30.1 Å². The van der Waals surface area contributed by atoms with Crippen molar-refractivity contribution in [1.82, 2.24) is 4.90 Å². The van der Waals surface area contributed by atoms with Gasteiger partial charge in [0.25, 0.3) is 5.91 Å². The Kier molecular flexibility index (Phi) is 5.72. The zero-order chi connectivity index (χ0) is 16.1. The van der Waals surface area contributed by atoms with E-state index in [4.69, 9.17) is 4.74 Å². The third kappa shape index (κ3) is 4.17. The first-order valence-corrected chi connectivity index (χ1v) is 8.00. The molecule has 4 heteroatoms. The molecule has 1 aliphatic rings. The van der Waals surface area contributed by atoms with E-state index < -0.39 is 0 Å². The van der Waals surface area contributed by atoms with E-state index in [1.165, 1.54) is 6.92 Å². The summed E-state index contributed by atoms with van der Waals surface area (Å²) in [6.07, 6.45) is 2.02. The van der Waals surface area contributed by atoms with Crippen molar-refractivity contribution in [2.75, 3.05) is 19.7 Å². The highest BCUT2D eigenvalue weighted by Gasteiger charge is 2.28. The highest BCUT2D eigenvalue weighted by Crippen LogP contribution is 2.19. The number of nitrogens with zero attached hydrogens (tertiary/aromatic N) is 1. The Hall–Kier alpha value is -1.68. The largest absolute Gasteiger partial charge is 0.376 e. The van der Waals surface area contributed by atoms with Crippen LogP contribution >= 0.6 is 0 Å². The molecule has 1 aromatic rings. The fourth-order valence-corrected chi connectivity index (χ4v) is 2.67. The molecule has 1 amide bonds. The average molecular weight is 303 g/mol. The number of benzene rings is 1. The lowest BCUT2D eigenvalue weighted by Crippen LogP contribution is -2.31. The van der Waals surface area contributed by atoms with E-state index in [-0.39, 0.29) is 17.8 Å². The van der Waals surface area contributed by atoms with Gasteiger partial charge < -0.3 is 9.64 Å². The smallest absolute Gasteiger partial charge is 0.254 e. The lowest BCUT2D eigenvalue weighted by Gasteiger charge is -2.18. The summed E-state index contributed by atoms with van der Waals surface area (Å²) in [4.78, 5) is 26.1. The Morgan fingerprint density at radius 1 is 1.27 bits per heavy atom. The minimum absolute atomic E-state index is 0.0687. The summed E-state index contributed by atoms with van der Waals surface area (Å²) >= 11 is 0. The summed E-state index contributed by atoms with van der Waals surface area (Å²) in [7, 11) is 0. The quantitative estimate of drug-likeness (QED) is 0.758. The maximum atomic E-state index is 12.6. The maximum absolute atomic E-state index is 12.6. The van der Waals surface area contributed by atoms with Crippen molar-refractivity contribution in [3.8, 4) is 0 Å². The molecule has 1 heterocycles. The van der Waals surface area contributed by atoms with E-state index in [1.807, 2.05) is 0 Å². The molecule has 0 radical (unpaired) electrons. The van der Waals surface area contributed by atoms with Crippen LogP contribution < -0.4 is 0 Å². The van der Waals surface area contributed by atoms with Crippen LogP contribution in [0.4, 0.5) is 0 Å². The normalized spacial score (nSPS) is 18.0. The second-order valence-electron chi connectivity index (χ2n) is 6.32. The van der Waals surface area contributed by atoms with E-state index in [9.17, 15) is 9.59 Å². The van der Waals surface area contributed by atoms with Gasteiger partial charge in [-0.2, -0.15) is 0 Å². The molecule has 1 aromatic carbocycles. The number of rotatable bonds is 6. The lowest BCUT2D eigenvalue weighted by molar-refractivity contribution is 0.0483. The van der Waals surface area contributed by atoms with Crippen LogP contribution in [-0.2, 0) is 4.74 Å². The number of Topliss-reactive ketones (excluding diaryl/α,β-unsaturated/α-hetero) is 1. The molecular weight excluding hydrogens is 278 g/mol. The lowest BCUT2D eigenvalue weighted by atomic mass is 10.0. The fourth-order valence-electron chi connectivity index (χ4n) is 2.67. The van der Waals surface area contributed by atoms with E-state index in [2.05, 4.69) is 13.8 Å². The molecule has 1 saturated heterocycles. The van der Waals surface area contributed by atoms with Gasteiger partial charge in [0.15, 0.2) is 5.78 Å². The van der Waals surface area contributed by atoms with Crippen LogP contribution in [0.1, 0.15) is 54.3 Å². The number of carbonyl (C=O) groups is 2. The Labute approximate surface area is 132 Å². The predicted octanol–water partition coefficient (Wildman–Crippen LogP) is 3.17. The molecule has 0 aliphatic carbocycles. The van der Waals surface area contributed by atoms with Gasteiger partial charge in [0.1, 0.15) is 0 Å². The second-order valence-corrected chi connectivity index (χ2v) is 6.32. The number of likely N-dealkylation sites (tertiary alicyclic amines) is 1. The first-order valence-electron chi connectivity index (χ1n) is 8.00. The van der Waals surface area contributed by atoms with E-state index >= 15 is 0 Å². The molecule has 1 aliphatic heterocycles. The second kappa shape index (κ2) is 7.54. The van der Waals surface area contributed by atoms with Crippen molar-refractivity contribution < 1.29 is 14.3 Å². The van der Waals surface area contributed by atoms with Crippen molar-refractivity contribution in [3.05, 3.63) is 35.4 Å². The summed E-state index contributed by atoms with van der Waals surface area (Å²) in [5, 5.41) is 0. The zero-order valence-corrected chi connectivity index (χ0v) is 13.7. The molecule has 0 aromatic heterocycles. The molecular formula is C18H25NO3. The summed E-state index contributed by atoms with van der Waals surface area (Å²) in [6, 6.07) is 7.02. The molecule has 0 bridgehead atoms. The molecule has 0 spiro atoms. The first kappa shape index (κ1) is 16.7. The predicted molar refractivity (Wildman–Crippen MR) is 86.2 cm³/mol. The van der Waals surface area contributed by atoms with Crippen LogP contribution in [0.2, 0.25) is 0 Å². The van der Waals surface area contributed by atoms with Crippen LogP contribution in [0.25, 0.3) is 0 Å². The molecule has 1 atom stereocenters. The Bertz CT molecular complexity index is 539. The molecule has 4 nitrogen and oxygen atoms in total. The molecule has 0 saturated carbocycles. The Balaban J connectivity index is 1.96. The van der Waals surface area contributed by atoms with Crippen LogP contribution in [0, 0.1) is 5.92 Å². The number of ether oxygens (including phenoxy) is 1. The van der Waals surface area contributed by atoms with Gasteiger partial charge >= 0.3 is 0 Å².